The summed E-state index contributed by atoms with van der Waals surface area (Å²) in [5.41, 5.74) is 0.561. The fourth-order valence-electron chi connectivity index (χ4n) is 2.37. The summed E-state index contributed by atoms with van der Waals surface area (Å²) in [5, 5.41) is 0.564. The molecule has 0 N–H and O–H groups in total. The van der Waals surface area contributed by atoms with Gasteiger partial charge in [0.2, 0.25) is 0 Å². The number of halogens is 1. The molecule has 4 heteroatoms. The van der Waals surface area contributed by atoms with Crippen LogP contribution in [0.15, 0.2) is 18.2 Å². The Bertz CT molecular complexity index is 442. The molecule has 1 saturated heterocycles. The quantitative estimate of drug-likeness (QED) is 0.775. The minimum absolute atomic E-state index is 0.0181. The largest absolute Gasteiger partial charge is 0.491 e. The van der Waals surface area contributed by atoms with Gasteiger partial charge in [-0.1, -0.05) is 18.0 Å². The highest BCUT2D eigenvalue weighted by atomic mass is 35.5. The number of nitrogens with zero attached hydrogens (tertiary/aromatic N) is 1. The number of hydrogen-bond acceptors (Lipinski definition) is 3. The van der Waals surface area contributed by atoms with Crippen LogP contribution in [0.2, 0.25) is 5.02 Å². The fourth-order valence-corrected chi connectivity index (χ4v) is 2.54. The molecular weight excluding hydrogens is 262 g/mol. The number of Topliss-reactive ketones (excluding diaryl/α,β-unsaturated/α-hetero) is 1. The third-order valence-corrected chi connectivity index (χ3v) is 3.67. The van der Waals surface area contributed by atoms with Gasteiger partial charge >= 0.3 is 0 Å². The van der Waals surface area contributed by atoms with Crippen molar-refractivity contribution in [2.75, 3.05) is 26.2 Å². The lowest BCUT2D eigenvalue weighted by Gasteiger charge is -2.26. The van der Waals surface area contributed by atoms with Gasteiger partial charge in [-0.15, -0.1) is 0 Å². The van der Waals surface area contributed by atoms with Gasteiger partial charge < -0.3 is 4.74 Å². The van der Waals surface area contributed by atoms with E-state index in [2.05, 4.69) is 4.90 Å². The van der Waals surface area contributed by atoms with E-state index in [0.29, 0.717) is 22.9 Å². The number of ether oxygens (including phenoxy) is 1. The van der Waals surface area contributed by atoms with Crippen molar-refractivity contribution in [3.05, 3.63) is 28.8 Å². The van der Waals surface area contributed by atoms with Crippen LogP contribution in [0, 0.1) is 0 Å². The van der Waals surface area contributed by atoms with Crippen molar-refractivity contribution in [1.82, 2.24) is 4.90 Å². The molecule has 1 heterocycles. The molecule has 3 nitrogen and oxygen atoms in total. The second kappa shape index (κ2) is 6.92. The number of hydrogen-bond donors (Lipinski definition) is 0. The zero-order valence-corrected chi connectivity index (χ0v) is 12.1. The average Bonchev–Trinajstić information content (AvgIpc) is 2.41. The molecule has 19 heavy (non-hydrogen) atoms. The highest BCUT2D eigenvalue weighted by Gasteiger charge is 2.12. The Hall–Kier alpha value is -1.06. The summed E-state index contributed by atoms with van der Waals surface area (Å²) in [6.45, 7) is 5.37. The molecule has 0 spiro atoms. The van der Waals surface area contributed by atoms with Gasteiger partial charge in [-0.05, 0) is 51.1 Å². The van der Waals surface area contributed by atoms with E-state index >= 15 is 0 Å². The molecule has 0 atom stereocenters. The predicted octanol–water partition coefficient (Wildman–Crippen LogP) is 3.41. The van der Waals surface area contributed by atoms with Gasteiger partial charge in [0.1, 0.15) is 12.4 Å². The van der Waals surface area contributed by atoms with Gasteiger partial charge in [0.15, 0.2) is 5.78 Å². The van der Waals surface area contributed by atoms with Crippen molar-refractivity contribution in [1.29, 1.82) is 0 Å². The second-order valence-electron chi connectivity index (χ2n) is 4.95. The molecule has 2 rings (SSSR count). The van der Waals surface area contributed by atoms with E-state index in [-0.39, 0.29) is 5.78 Å². The van der Waals surface area contributed by atoms with Crippen molar-refractivity contribution < 1.29 is 9.53 Å². The maximum atomic E-state index is 11.5. The van der Waals surface area contributed by atoms with Crippen molar-refractivity contribution in [2.24, 2.45) is 0 Å². The molecule has 0 aliphatic carbocycles. The van der Waals surface area contributed by atoms with Crippen LogP contribution >= 0.6 is 11.6 Å². The molecule has 0 bridgehead atoms. The lowest BCUT2D eigenvalue weighted by Crippen LogP contribution is -2.33. The smallest absolute Gasteiger partial charge is 0.163 e. The number of piperidine rings is 1. The molecule has 0 radical (unpaired) electrons. The third kappa shape index (κ3) is 4.22. The standard InChI is InChI=1S/C15H20ClNO2/c1-12(18)14-11-13(16)5-6-15(14)19-10-9-17-7-3-2-4-8-17/h5-6,11H,2-4,7-10H2,1H3. The van der Waals surface area contributed by atoms with Crippen LogP contribution in [0.25, 0.3) is 0 Å². The minimum Gasteiger partial charge on any atom is -0.491 e. The van der Waals surface area contributed by atoms with Gasteiger partial charge in [-0.3, -0.25) is 9.69 Å². The average molecular weight is 282 g/mol. The summed E-state index contributed by atoms with van der Waals surface area (Å²) in [6, 6.07) is 5.19. The van der Waals surface area contributed by atoms with Crippen LogP contribution < -0.4 is 4.74 Å². The molecule has 1 aliphatic heterocycles. The monoisotopic (exact) mass is 281 g/mol. The minimum atomic E-state index is -0.0181. The molecule has 1 aliphatic rings. The van der Waals surface area contributed by atoms with Gasteiger partial charge in [0, 0.05) is 11.6 Å². The summed E-state index contributed by atoms with van der Waals surface area (Å²) in [6.07, 6.45) is 3.89. The Labute approximate surface area is 119 Å². The topological polar surface area (TPSA) is 29.5 Å². The first kappa shape index (κ1) is 14.4. The summed E-state index contributed by atoms with van der Waals surface area (Å²) in [5.74, 6) is 0.615. The lowest BCUT2D eigenvalue weighted by atomic mass is 10.1. The maximum Gasteiger partial charge on any atom is 0.163 e. The number of ketones is 1. The molecule has 104 valence electrons. The van der Waals surface area contributed by atoms with Crippen LogP contribution in [0.4, 0.5) is 0 Å². The van der Waals surface area contributed by atoms with E-state index < -0.39 is 0 Å². The molecule has 0 saturated carbocycles. The Morgan fingerprint density at radius 2 is 2.05 bits per heavy atom. The number of likely N-dealkylation sites (tertiary alicyclic amines) is 1. The molecule has 0 aromatic heterocycles. The molecule has 1 aromatic rings. The summed E-state index contributed by atoms with van der Waals surface area (Å²) < 4.78 is 5.74. The first-order chi connectivity index (χ1) is 9.16. The lowest BCUT2D eigenvalue weighted by molar-refractivity contribution is 0.101. The molecule has 1 fully saturated rings. The number of carbonyl (C=O) groups is 1. The van der Waals surface area contributed by atoms with Crippen molar-refractivity contribution >= 4 is 17.4 Å². The van der Waals surface area contributed by atoms with Gasteiger partial charge in [-0.25, -0.2) is 0 Å². The summed E-state index contributed by atoms with van der Waals surface area (Å²) in [4.78, 5) is 13.9. The highest BCUT2D eigenvalue weighted by Crippen LogP contribution is 2.23. The summed E-state index contributed by atoms with van der Waals surface area (Å²) >= 11 is 5.90. The number of benzene rings is 1. The maximum absolute atomic E-state index is 11.5. The van der Waals surface area contributed by atoms with Crippen molar-refractivity contribution in [2.45, 2.75) is 26.2 Å². The van der Waals surface area contributed by atoms with E-state index in [1.165, 1.54) is 26.2 Å². The van der Waals surface area contributed by atoms with Gasteiger partial charge in [0.25, 0.3) is 0 Å². The fraction of sp³-hybridized carbons (Fsp3) is 0.533. The number of carbonyl (C=O) groups excluding carboxylic acids is 1. The molecular formula is C15H20ClNO2. The Morgan fingerprint density at radius 3 is 2.74 bits per heavy atom. The van der Waals surface area contributed by atoms with E-state index in [4.69, 9.17) is 16.3 Å². The van der Waals surface area contributed by atoms with Crippen molar-refractivity contribution in [3.8, 4) is 5.75 Å². The van der Waals surface area contributed by atoms with Gasteiger partial charge in [0.05, 0.1) is 5.56 Å². The van der Waals surface area contributed by atoms with Crippen LogP contribution in [0.3, 0.4) is 0 Å². The van der Waals surface area contributed by atoms with E-state index in [1.807, 2.05) is 0 Å². The van der Waals surface area contributed by atoms with Crippen LogP contribution in [-0.2, 0) is 0 Å². The van der Waals surface area contributed by atoms with E-state index in [0.717, 1.165) is 19.6 Å². The zero-order chi connectivity index (χ0) is 13.7. The van der Waals surface area contributed by atoms with E-state index in [1.54, 1.807) is 18.2 Å². The first-order valence-electron chi connectivity index (χ1n) is 6.82. The number of rotatable bonds is 5. The molecule has 1 aromatic carbocycles. The predicted molar refractivity (Wildman–Crippen MR) is 77.2 cm³/mol. The SMILES string of the molecule is CC(=O)c1cc(Cl)ccc1OCCN1CCCCC1. The van der Waals surface area contributed by atoms with Crippen LogP contribution in [0.1, 0.15) is 36.5 Å². The highest BCUT2D eigenvalue weighted by molar-refractivity contribution is 6.31. The molecule has 0 unspecified atom stereocenters. The Kier molecular flexibility index (Phi) is 5.23. The van der Waals surface area contributed by atoms with E-state index in [9.17, 15) is 4.79 Å². The summed E-state index contributed by atoms with van der Waals surface area (Å²) in [7, 11) is 0. The Morgan fingerprint density at radius 1 is 1.32 bits per heavy atom. The van der Waals surface area contributed by atoms with Crippen molar-refractivity contribution in [3.63, 3.8) is 0 Å². The second-order valence-corrected chi connectivity index (χ2v) is 5.38. The van der Waals surface area contributed by atoms with Gasteiger partial charge in [-0.2, -0.15) is 0 Å². The normalized spacial score (nSPS) is 16.3. The third-order valence-electron chi connectivity index (χ3n) is 3.43. The zero-order valence-electron chi connectivity index (χ0n) is 11.3. The first-order valence-corrected chi connectivity index (χ1v) is 7.20. The van der Waals surface area contributed by atoms with Crippen LogP contribution in [0.5, 0.6) is 5.75 Å². The Balaban J connectivity index is 1.89. The van der Waals surface area contributed by atoms with Crippen LogP contribution in [-0.4, -0.2) is 36.9 Å². The molecule has 0 amide bonds.